The summed E-state index contributed by atoms with van der Waals surface area (Å²) in [5.41, 5.74) is 0.402. The van der Waals surface area contributed by atoms with E-state index < -0.39 is 17.9 Å². The molecule has 2 rings (SSSR count). The molecule has 1 saturated heterocycles. The zero-order valence-electron chi connectivity index (χ0n) is 17.8. The number of carbonyl (C=O) groups excluding carboxylic acids is 3. The molecule has 2 N–H and O–H groups in total. The Kier molecular flexibility index (Phi) is 10.2. The van der Waals surface area contributed by atoms with Crippen LogP contribution >= 0.6 is 12.2 Å². The van der Waals surface area contributed by atoms with E-state index >= 15 is 0 Å². The zero-order valence-corrected chi connectivity index (χ0v) is 18.7. The molecule has 1 fully saturated rings. The third-order valence-electron chi connectivity index (χ3n) is 4.46. The van der Waals surface area contributed by atoms with Gasteiger partial charge in [-0.1, -0.05) is 6.92 Å². The predicted molar refractivity (Wildman–Crippen MR) is 118 cm³/mol. The van der Waals surface area contributed by atoms with Crippen LogP contribution in [0.4, 0.5) is 0 Å². The van der Waals surface area contributed by atoms with Crippen LogP contribution < -0.4 is 15.4 Å². The highest BCUT2D eigenvalue weighted by Gasteiger charge is 2.34. The number of carbonyl (C=O) groups is 3. The van der Waals surface area contributed by atoms with Gasteiger partial charge in [-0.25, -0.2) is 0 Å². The average Bonchev–Trinajstić information content (AvgIpc) is 2.77. The van der Waals surface area contributed by atoms with E-state index in [9.17, 15) is 14.4 Å². The molecule has 1 aliphatic rings. The average molecular weight is 452 g/mol. The van der Waals surface area contributed by atoms with Crippen LogP contribution in [0.2, 0.25) is 0 Å². The van der Waals surface area contributed by atoms with E-state index in [1.807, 2.05) is 13.8 Å². The van der Waals surface area contributed by atoms with Crippen LogP contribution in [0.15, 0.2) is 24.3 Å². The standard InChI is InChI=1S/C21H29N3O6S/c1-3-11-29-16-7-5-15(6-8-16)19(26)23-21(31)24-10-9-22-20(27)17(24)14-18(25)30-13-12-28-4-2/h5-8,17H,3-4,9-14H2,1-2H3,(H,22,27)(H,23,26,31). The number of ether oxygens (including phenoxy) is 3. The first-order chi connectivity index (χ1) is 15.0. The number of amides is 2. The van der Waals surface area contributed by atoms with E-state index in [1.54, 1.807) is 24.3 Å². The molecule has 1 heterocycles. The van der Waals surface area contributed by atoms with Crippen LogP contribution in [0.5, 0.6) is 5.75 Å². The fraction of sp³-hybridized carbons (Fsp3) is 0.524. The highest BCUT2D eigenvalue weighted by Crippen LogP contribution is 2.14. The summed E-state index contributed by atoms with van der Waals surface area (Å²) in [4.78, 5) is 38.5. The first kappa shape index (κ1) is 24.5. The number of benzene rings is 1. The number of esters is 1. The molecule has 1 aromatic carbocycles. The molecule has 0 aromatic heterocycles. The van der Waals surface area contributed by atoms with Crippen molar-refractivity contribution in [1.82, 2.24) is 15.5 Å². The van der Waals surface area contributed by atoms with E-state index in [0.717, 1.165) is 6.42 Å². The lowest BCUT2D eigenvalue weighted by Gasteiger charge is -2.36. The Morgan fingerprint density at radius 1 is 1.19 bits per heavy atom. The molecule has 2 amide bonds. The predicted octanol–water partition coefficient (Wildman–Crippen LogP) is 1.26. The van der Waals surface area contributed by atoms with Crippen LogP contribution in [0.3, 0.4) is 0 Å². The van der Waals surface area contributed by atoms with Crippen LogP contribution in [0, 0.1) is 0 Å². The quantitative estimate of drug-likeness (QED) is 0.311. The van der Waals surface area contributed by atoms with Gasteiger partial charge in [-0.15, -0.1) is 0 Å². The largest absolute Gasteiger partial charge is 0.494 e. The van der Waals surface area contributed by atoms with Crippen LogP contribution in [0.25, 0.3) is 0 Å². The number of thiocarbonyl (C=S) groups is 1. The number of rotatable bonds is 10. The fourth-order valence-electron chi connectivity index (χ4n) is 2.90. The molecule has 31 heavy (non-hydrogen) atoms. The highest BCUT2D eigenvalue weighted by molar-refractivity contribution is 7.80. The Balaban J connectivity index is 1.94. The number of nitrogens with zero attached hydrogens (tertiary/aromatic N) is 1. The molecule has 0 bridgehead atoms. The Hall–Kier alpha value is -2.72. The van der Waals surface area contributed by atoms with E-state index in [4.69, 9.17) is 26.4 Å². The third kappa shape index (κ3) is 7.80. The van der Waals surface area contributed by atoms with Gasteiger partial charge in [0.15, 0.2) is 5.11 Å². The van der Waals surface area contributed by atoms with E-state index in [2.05, 4.69) is 10.6 Å². The Labute approximate surface area is 187 Å². The SMILES string of the molecule is CCCOc1ccc(C(=O)NC(=S)N2CCNC(=O)C2CC(=O)OCCOCC)cc1. The van der Waals surface area contributed by atoms with Crippen LogP contribution in [-0.4, -0.2) is 73.4 Å². The van der Waals surface area contributed by atoms with E-state index in [0.29, 0.717) is 44.2 Å². The van der Waals surface area contributed by atoms with Crippen LogP contribution in [-0.2, 0) is 19.1 Å². The van der Waals surface area contributed by atoms with E-state index in [-0.39, 0.29) is 24.0 Å². The van der Waals surface area contributed by atoms with Gasteiger partial charge in [-0.3, -0.25) is 19.7 Å². The van der Waals surface area contributed by atoms with Crippen LogP contribution in [0.1, 0.15) is 37.0 Å². The molecule has 10 heteroatoms. The molecule has 1 aliphatic heterocycles. The third-order valence-corrected chi connectivity index (χ3v) is 4.79. The van der Waals surface area contributed by atoms with E-state index in [1.165, 1.54) is 4.90 Å². The zero-order chi connectivity index (χ0) is 22.6. The second-order valence-corrected chi connectivity index (χ2v) is 7.14. The van der Waals surface area contributed by atoms with Gasteiger partial charge in [0.05, 0.1) is 19.6 Å². The van der Waals surface area contributed by atoms with Crippen molar-refractivity contribution < 1.29 is 28.6 Å². The summed E-state index contributed by atoms with van der Waals surface area (Å²) in [7, 11) is 0. The minimum Gasteiger partial charge on any atom is -0.494 e. The van der Waals surface area contributed by atoms with Crippen molar-refractivity contribution in [1.29, 1.82) is 0 Å². The highest BCUT2D eigenvalue weighted by atomic mass is 32.1. The van der Waals surface area contributed by atoms with Crippen molar-refractivity contribution in [3.63, 3.8) is 0 Å². The molecule has 0 radical (unpaired) electrons. The van der Waals surface area contributed by atoms with Gasteiger partial charge < -0.3 is 24.4 Å². The Morgan fingerprint density at radius 3 is 2.61 bits per heavy atom. The first-order valence-corrected chi connectivity index (χ1v) is 10.7. The minimum atomic E-state index is -0.856. The van der Waals surface area contributed by atoms with Crippen molar-refractivity contribution in [2.45, 2.75) is 32.7 Å². The van der Waals surface area contributed by atoms with Crippen molar-refractivity contribution in [3.05, 3.63) is 29.8 Å². The number of hydrogen-bond donors (Lipinski definition) is 2. The lowest BCUT2D eigenvalue weighted by atomic mass is 10.1. The summed E-state index contributed by atoms with van der Waals surface area (Å²) in [6.45, 7) is 6.10. The topological polar surface area (TPSA) is 106 Å². The molecule has 0 aliphatic carbocycles. The van der Waals surface area contributed by atoms with Gasteiger partial charge in [0, 0.05) is 25.3 Å². The molecular formula is C21H29N3O6S. The summed E-state index contributed by atoms with van der Waals surface area (Å²) in [5, 5.41) is 5.43. The molecule has 0 spiro atoms. The minimum absolute atomic E-state index is 0.0817. The summed E-state index contributed by atoms with van der Waals surface area (Å²) < 4.78 is 15.7. The first-order valence-electron chi connectivity index (χ1n) is 10.3. The number of nitrogens with one attached hydrogen (secondary N) is 2. The second kappa shape index (κ2) is 12.9. The van der Waals surface area contributed by atoms with Gasteiger partial charge in [-0.05, 0) is 49.8 Å². The second-order valence-electron chi connectivity index (χ2n) is 6.75. The summed E-state index contributed by atoms with van der Waals surface area (Å²) in [5.74, 6) is -0.613. The fourth-order valence-corrected chi connectivity index (χ4v) is 3.21. The molecule has 1 aromatic rings. The molecule has 170 valence electrons. The number of piperazine rings is 1. The molecule has 1 unspecified atom stereocenters. The van der Waals surface area contributed by atoms with Gasteiger partial charge in [0.2, 0.25) is 5.91 Å². The summed E-state index contributed by atoms with van der Waals surface area (Å²) in [6, 6.07) is 5.84. The van der Waals surface area contributed by atoms with Crippen molar-refractivity contribution in [2.24, 2.45) is 0 Å². The summed E-state index contributed by atoms with van der Waals surface area (Å²) >= 11 is 5.36. The molecular weight excluding hydrogens is 422 g/mol. The van der Waals surface area contributed by atoms with Gasteiger partial charge >= 0.3 is 5.97 Å². The number of hydrogen-bond acceptors (Lipinski definition) is 7. The van der Waals surface area contributed by atoms with Gasteiger partial charge in [-0.2, -0.15) is 0 Å². The molecule has 1 atom stereocenters. The molecule has 0 saturated carbocycles. The normalized spacial score (nSPS) is 15.7. The Morgan fingerprint density at radius 2 is 1.94 bits per heavy atom. The van der Waals surface area contributed by atoms with Crippen molar-refractivity contribution in [3.8, 4) is 5.75 Å². The molecule has 9 nitrogen and oxygen atoms in total. The lowest BCUT2D eigenvalue weighted by Crippen LogP contribution is -2.60. The smallest absolute Gasteiger partial charge is 0.308 e. The lowest BCUT2D eigenvalue weighted by molar-refractivity contribution is -0.148. The maximum Gasteiger partial charge on any atom is 0.308 e. The maximum atomic E-state index is 12.6. The maximum absolute atomic E-state index is 12.6. The van der Waals surface area contributed by atoms with Crippen molar-refractivity contribution in [2.75, 3.05) is 39.5 Å². The monoisotopic (exact) mass is 451 g/mol. The van der Waals surface area contributed by atoms with Gasteiger partial charge in [0.1, 0.15) is 18.4 Å². The summed E-state index contributed by atoms with van der Waals surface area (Å²) in [6.07, 6.45) is 0.707. The van der Waals surface area contributed by atoms with Crippen molar-refractivity contribution >= 4 is 35.1 Å². The van der Waals surface area contributed by atoms with Gasteiger partial charge in [0.25, 0.3) is 5.91 Å². The Bertz CT molecular complexity index is 771.